The number of hydrogen-bond acceptors (Lipinski definition) is 4. The fourth-order valence-corrected chi connectivity index (χ4v) is 3.07. The molecular formula is C15H18ClN3OS. The number of benzene rings is 1. The number of rotatable bonds is 3. The fourth-order valence-electron chi connectivity index (χ4n) is 2.31. The molecule has 0 spiro atoms. The van der Waals surface area contributed by atoms with Crippen LogP contribution in [0, 0.1) is 6.92 Å². The summed E-state index contributed by atoms with van der Waals surface area (Å²) in [4.78, 5) is 16.6. The number of carbonyl (C=O) groups excluding carboxylic acids is 1. The van der Waals surface area contributed by atoms with E-state index in [1.165, 1.54) is 17.8 Å². The second kappa shape index (κ2) is 7.02. The summed E-state index contributed by atoms with van der Waals surface area (Å²) in [6.45, 7) is 3.05. The van der Waals surface area contributed by atoms with Crippen molar-refractivity contribution in [3.63, 3.8) is 0 Å². The lowest BCUT2D eigenvalue weighted by Crippen LogP contribution is -2.14. The molecule has 0 bridgehead atoms. The van der Waals surface area contributed by atoms with E-state index in [0.29, 0.717) is 16.7 Å². The van der Waals surface area contributed by atoms with Gasteiger partial charge in [0.05, 0.1) is 11.7 Å². The number of hydrogen-bond donors (Lipinski definition) is 2. The third-order valence-corrected chi connectivity index (χ3v) is 4.25. The van der Waals surface area contributed by atoms with Crippen molar-refractivity contribution in [3.05, 3.63) is 46.5 Å². The Balaban J connectivity index is 0.00000161. The van der Waals surface area contributed by atoms with Crippen LogP contribution < -0.4 is 10.6 Å². The highest BCUT2D eigenvalue weighted by Gasteiger charge is 2.19. The molecular weight excluding hydrogens is 306 g/mol. The lowest BCUT2D eigenvalue weighted by atomic mass is 10.1. The Morgan fingerprint density at radius 3 is 2.81 bits per heavy atom. The molecule has 2 N–H and O–H groups in total. The third kappa shape index (κ3) is 3.81. The Hall–Kier alpha value is -1.43. The normalized spacial score (nSPS) is 17.3. The van der Waals surface area contributed by atoms with Crippen LogP contribution >= 0.6 is 23.7 Å². The molecule has 1 saturated heterocycles. The average Bonchev–Trinajstić information content (AvgIpc) is 3.09. The zero-order valence-electron chi connectivity index (χ0n) is 11.8. The van der Waals surface area contributed by atoms with Crippen LogP contribution in [0.3, 0.4) is 0 Å². The molecule has 1 unspecified atom stereocenters. The zero-order chi connectivity index (χ0) is 13.9. The predicted molar refractivity (Wildman–Crippen MR) is 88.5 cm³/mol. The minimum atomic E-state index is -0.106. The number of thiazole rings is 1. The molecule has 1 aromatic heterocycles. The Labute approximate surface area is 134 Å². The molecule has 6 heteroatoms. The van der Waals surface area contributed by atoms with Gasteiger partial charge in [-0.3, -0.25) is 10.1 Å². The van der Waals surface area contributed by atoms with E-state index in [1.807, 2.05) is 36.6 Å². The van der Waals surface area contributed by atoms with Crippen molar-refractivity contribution in [2.45, 2.75) is 25.8 Å². The van der Waals surface area contributed by atoms with Crippen LogP contribution in [0.2, 0.25) is 0 Å². The van der Waals surface area contributed by atoms with Crippen LogP contribution in [0.5, 0.6) is 0 Å². The first-order valence-electron chi connectivity index (χ1n) is 6.79. The maximum absolute atomic E-state index is 12.1. The molecule has 4 nitrogen and oxygen atoms in total. The average molecular weight is 324 g/mol. The van der Waals surface area contributed by atoms with Gasteiger partial charge in [0.1, 0.15) is 0 Å². The van der Waals surface area contributed by atoms with Crippen molar-refractivity contribution in [2.75, 3.05) is 11.9 Å². The number of halogens is 1. The Morgan fingerprint density at radius 1 is 1.38 bits per heavy atom. The number of anilines is 1. The van der Waals surface area contributed by atoms with E-state index in [2.05, 4.69) is 15.6 Å². The highest BCUT2D eigenvalue weighted by molar-refractivity contribution is 7.14. The fraction of sp³-hybridized carbons (Fsp3) is 0.333. The standard InChI is InChI=1S/C15H17N3OS.ClH/c1-10-4-6-11(7-5-10)14(19)18-15-17-13(9-20-15)12-3-2-8-16-12;/h4-7,9,12,16H,2-3,8H2,1H3,(H,17,18,19);1H. The summed E-state index contributed by atoms with van der Waals surface area (Å²) in [5, 5.41) is 8.96. The molecule has 112 valence electrons. The molecule has 0 aliphatic carbocycles. The highest BCUT2D eigenvalue weighted by atomic mass is 35.5. The van der Waals surface area contributed by atoms with E-state index in [4.69, 9.17) is 0 Å². The van der Waals surface area contributed by atoms with E-state index in [9.17, 15) is 4.79 Å². The van der Waals surface area contributed by atoms with E-state index in [-0.39, 0.29) is 18.3 Å². The number of nitrogens with zero attached hydrogens (tertiary/aromatic N) is 1. The summed E-state index contributed by atoms with van der Waals surface area (Å²) in [6.07, 6.45) is 2.31. The van der Waals surface area contributed by atoms with Crippen LogP contribution in [-0.4, -0.2) is 17.4 Å². The zero-order valence-corrected chi connectivity index (χ0v) is 13.4. The molecule has 1 aliphatic heterocycles. The molecule has 1 atom stereocenters. The predicted octanol–water partition coefficient (Wildman–Crippen LogP) is 3.55. The summed E-state index contributed by atoms with van der Waals surface area (Å²) >= 11 is 1.48. The van der Waals surface area contributed by atoms with Crippen molar-refractivity contribution >= 4 is 34.8 Å². The van der Waals surface area contributed by atoms with E-state index < -0.39 is 0 Å². The maximum atomic E-state index is 12.1. The third-order valence-electron chi connectivity index (χ3n) is 3.47. The van der Waals surface area contributed by atoms with Crippen molar-refractivity contribution in [2.24, 2.45) is 0 Å². The van der Waals surface area contributed by atoms with Crippen molar-refractivity contribution in [1.82, 2.24) is 10.3 Å². The van der Waals surface area contributed by atoms with Gasteiger partial charge in [0.15, 0.2) is 5.13 Å². The van der Waals surface area contributed by atoms with Gasteiger partial charge in [0.25, 0.3) is 5.91 Å². The van der Waals surface area contributed by atoms with Gasteiger partial charge >= 0.3 is 0 Å². The maximum Gasteiger partial charge on any atom is 0.257 e. The van der Waals surface area contributed by atoms with Crippen LogP contribution in [-0.2, 0) is 0 Å². The summed E-state index contributed by atoms with van der Waals surface area (Å²) in [5.41, 5.74) is 2.84. The highest BCUT2D eigenvalue weighted by Crippen LogP contribution is 2.26. The van der Waals surface area contributed by atoms with Crippen LogP contribution in [0.1, 0.15) is 40.5 Å². The quantitative estimate of drug-likeness (QED) is 0.908. The van der Waals surface area contributed by atoms with E-state index in [0.717, 1.165) is 24.2 Å². The second-order valence-corrected chi connectivity index (χ2v) is 5.90. The van der Waals surface area contributed by atoms with Gasteiger partial charge in [-0.05, 0) is 38.4 Å². The molecule has 1 amide bonds. The minimum Gasteiger partial charge on any atom is -0.309 e. The molecule has 2 aromatic rings. The lowest BCUT2D eigenvalue weighted by molar-refractivity contribution is 0.102. The second-order valence-electron chi connectivity index (χ2n) is 5.05. The van der Waals surface area contributed by atoms with Crippen LogP contribution in [0.4, 0.5) is 5.13 Å². The minimum absolute atomic E-state index is 0. The summed E-state index contributed by atoms with van der Waals surface area (Å²) < 4.78 is 0. The Kier molecular flexibility index (Phi) is 5.33. The summed E-state index contributed by atoms with van der Waals surface area (Å²) in [5.74, 6) is -0.106. The molecule has 2 heterocycles. The van der Waals surface area contributed by atoms with Gasteiger partial charge in [-0.2, -0.15) is 0 Å². The van der Waals surface area contributed by atoms with Gasteiger partial charge in [0, 0.05) is 10.9 Å². The van der Waals surface area contributed by atoms with Gasteiger partial charge < -0.3 is 5.32 Å². The van der Waals surface area contributed by atoms with E-state index >= 15 is 0 Å². The van der Waals surface area contributed by atoms with Gasteiger partial charge in [-0.25, -0.2) is 4.98 Å². The number of amides is 1. The SMILES string of the molecule is Cc1ccc(C(=O)Nc2nc(C3CCCN3)cs2)cc1.Cl. The lowest BCUT2D eigenvalue weighted by Gasteiger charge is -2.05. The van der Waals surface area contributed by atoms with Crippen molar-refractivity contribution < 1.29 is 4.79 Å². The molecule has 0 saturated carbocycles. The van der Waals surface area contributed by atoms with Crippen molar-refractivity contribution in [1.29, 1.82) is 0 Å². The van der Waals surface area contributed by atoms with Gasteiger partial charge in [0.2, 0.25) is 0 Å². The Bertz CT molecular complexity index is 606. The van der Waals surface area contributed by atoms with Gasteiger partial charge in [-0.1, -0.05) is 17.7 Å². The first-order valence-corrected chi connectivity index (χ1v) is 7.67. The molecule has 1 fully saturated rings. The summed E-state index contributed by atoms with van der Waals surface area (Å²) in [7, 11) is 0. The molecule has 21 heavy (non-hydrogen) atoms. The first-order chi connectivity index (χ1) is 9.72. The Morgan fingerprint density at radius 2 is 2.14 bits per heavy atom. The monoisotopic (exact) mass is 323 g/mol. The van der Waals surface area contributed by atoms with Crippen molar-refractivity contribution in [3.8, 4) is 0 Å². The molecule has 1 aromatic carbocycles. The van der Waals surface area contributed by atoms with Crippen LogP contribution in [0.15, 0.2) is 29.6 Å². The topological polar surface area (TPSA) is 54.0 Å². The number of carbonyl (C=O) groups is 1. The number of nitrogens with one attached hydrogen (secondary N) is 2. The first kappa shape index (κ1) is 15.9. The van der Waals surface area contributed by atoms with Crippen LogP contribution in [0.25, 0.3) is 0 Å². The molecule has 3 rings (SSSR count). The van der Waals surface area contributed by atoms with Gasteiger partial charge in [-0.15, -0.1) is 23.7 Å². The smallest absolute Gasteiger partial charge is 0.257 e. The summed E-state index contributed by atoms with van der Waals surface area (Å²) in [6, 6.07) is 7.88. The largest absolute Gasteiger partial charge is 0.309 e. The number of aromatic nitrogens is 1. The van der Waals surface area contributed by atoms with E-state index in [1.54, 1.807) is 0 Å². The molecule has 0 radical (unpaired) electrons. The number of aryl methyl sites for hydroxylation is 1. The molecule has 1 aliphatic rings.